The summed E-state index contributed by atoms with van der Waals surface area (Å²) in [5.74, 6) is -0.649. The molecule has 9 nitrogen and oxygen atoms in total. The molecule has 3 aromatic rings. The molecule has 0 spiro atoms. The fraction of sp³-hybridized carbons (Fsp3) is 0.188. The van der Waals surface area contributed by atoms with Crippen molar-refractivity contribution < 1.29 is 17.5 Å². The lowest BCUT2D eigenvalue weighted by Gasteiger charge is -2.08. The minimum atomic E-state index is -3.93. The van der Waals surface area contributed by atoms with Gasteiger partial charge in [0.15, 0.2) is 0 Å². The average Bonchev–Trinajstić information content (AvgIpc) is 3.01. The minimum Gasteiger partial charge on any atom is -0.383 e. The highest BCUT2D eigenvalue weighted by molar-refractivity contribution is 7.92. The summed E-state index contributed by atoms with van der Waals surface area (Å²) in [6.45, 7) is 0.584. The van der Waals surface area contributed by atoms with Gasteiger partial charge in [-0.3, -0.25) is 4.72 Å². The summed E-state index contributed by atoms with van der Waals surface area (Å²) in [6, 6.07) is 10.6. The van der Waals surface area contributed by atoms with Crippen LogP contribution in [0.1, 0.15) is 0 Å². The topological polar surface area (TPSA) is 108 Å². The number of hydrogen-bond acceptors (Lipinski definition) is 6. The molecule has 142 valence electrons. The summed E-state index contributed by atoms with van der Waals surface area (Å²) in [4.78, 5) is 12.0. The number of aromatic nitrogens is 4. The first-order valence-corrected chi connectivity index (χ1v) is 9.29. The van der Waals surface area contributed by atoms with E-state index in [2.05, 4.69) is 15.1 Å². The summed E-state index contributed by atoms with van der Waals surface area (Å²) in [5.41, 5.74) is 0.223. The molecule has 0 aliphatic rings. The molecule has 1 N–H and O–H groups in total. The standard InChI is InChI=1S/C16H16FN5O4S/c1-26-10-9-21-16(23)22(20-19-21)14-7-5-13(6-8-14)18-27(24,25)15-4-2-3-12(17)11-15/h2-8,11,18H,9-10H2,1H3. The van der Waals surface area contributed by atoms with E-state index >= 15 is 0 Å². The summed E-state index contributed by atoms with van der Waals surface area (Å²) < 4.78 is 47.3. The molecule has 0 atom stereocenters. The monoisotopic (exact) mass is 393 g/mol. The van der Waals surface area contributed by atoms with E-state index in [0.717, 1.165) is 21.5 Å². The SMILES string of the molecule is COCCn1nnn(-c2ccc(NS(=O)(=O)c3cccc(F)c3)cc2)c1=O. The van der Waals surface area contributed by atoms with Crippen molar-refractivity contribution in [2.24, 2.45) is 0 Å². The normalized spacial score (nSPS) is 11.5. The van der Waals surface area contributed by atoms with Gasteiger partial charge in [-0.1, -0.05) is 6.07 Å². The quantitative estimate of drug-likeness (QED) is 0.642. The van der Waals surface area contributed by atoms with Crippen LogP contribution in [-0.4, -0.2) is 41.9 Å². The first-order chi connectivity index (χ1) is 12.9. The number of hydrogen-bond donors (Lipinski definition) is 1. The van der Waals surface area contributed by atoms with E-state index in [1.54, 1.807) is 0 Å². The molecule has 0 saturated heterocycles. The maximum absolute atomic E-state index is 13.2. The number of nitrogens with zero attached hydrogens (tertiary/aromatic N) is 4. The Morgan fingerprint density at radius 3 is 2.56 bits per heavy atom. The fourth-order valence-electron chi connectivity index (χ4n) is 2.27. The number of halogens is 1. The van der Waals surface area contributed by atoms with E-state index in [9.17, 15) is 17.6 Å². The molecular weight excluding hydrogens is 377 g/mol. The number of rotatable bonds is 7. The molecular formula is C16H16FN5O4S. The Morgan fingerprint density at radius 2 is 1.89 bits per heavy atom. The molecule has 11 heteroatoms. The first-order valence-electron chi connectivity index (χ1n) is 7.81. The molecule has 1 heterocycles. The van der Waals surface area contributed by atoms with E-state index in [1.165, 1.54) is 43.5 Å². The number of ether oxygens (including phenoxy) is 1. The van der Waals surface area contributed by atoms with Crippen molar-refractivity contribution in [1.82, 2.24) is 19.8 Å². The molecule has 1 aromatic heterocycles. The van der Waals surface area contributed by atoms with Gasteiger partial charge in [-0.05, 0) is 52.9 Å². The summed E-state index contributed by atoms with van der Waals surface area (Å²) in [6.07, 6.45) is 0. The molecule has 0 radical (unpaired) electrons. The van der Waals surface area contributed by atoms with Crippen LogP contribution in [0.2, 0.25) is 0 Å². The van der Waals surface area contributed by atoms with Crippen molar-refractivity contribution in [2.45, 2.75) is 11.4 Å². The number of nitrogens with one attached hydrogen (secondary N) is 1. The second-order valence-electron chi connectivity index (χ2n) is 5.50. The zero-order valence-corrected chi connectivity index (χ0v) is 15.1. The zero-order valence-electron chi connectivity index (χ0n) is 14.2. The van der Waals surface area contributed by atoms with E-state index in [1.807, 2.05) is 0 Å². The Balaban J connectivity index is 1.80. The van der Waals surface area contributed by atoms with Crippen LogP contribution in [-0.2, 0) is 21.3 Å². The van der Waals surface area contributed by atoms with Gasteiger partial charge in [0, 0.05) is 12.8 Å². The highest BCUT2D eigenvalue weighted by Crippen LogP contribution is 2.18. The molecule has 3 rings (SSSR count). The molecule has 0 unspecified atom stereocenters. The van der Waals surface area contributed by atoms with Crippen LogP contribution >= 0.6 is 0 Å². The average molecular weight is 393 g/mol. The third kappa shape index (κ3) is 4.20. The first kappa shape index (κ1) is 18.7. The van der Waals surface area contributed by atoms with Crippen LogP contribution in [0.3, 0.4) is 0 Å². The van der Waals surface area contributed by atoms with Gasteiger partial charge in [0.1, 0.15) is 5.82 Å². The smallest absolute Gasteiger partial charge is 0.368 e. The van der Waals surface area contributed by atoms with Crippen LogP contribution in [0.15, 0.2) is 58.2 Å². The van der Waals surface area contributed by atoms with Crippen LogP contribution in [0, 0.1) is 5.82 Å². The van der Waals surface area contributed by atoms with Crippen LogP contribution in [0.5, 0.6) is 0 Å². The largest absolute Gasteiger partial charge is 0.383 e. The predicted octanol–water partition coefficient (Wildman–Crippen LogP) is 1.02. The number of tetrazole rings is 1. The van der Waals surface area contributed by atoms with Crippen LogP contribution < -0.4 is 10.4 Å². The maximum atomic E-state index is 13.2. The van der Waals surface area contributed by atoms with Gasteiger partial charge >= 0.3 is 5.69 Å². The molecule has 0 aliphatic heterocycles. The van der Waals surface area contributed by atoms with Gasteiger partial charge in [0.2, 0.25) is 0 Å². The molecule has 0 aliphatic carbocycles. The summed E-state index contributed by atoms with van der Waals surface area (Å²) >= 11 is 0. The van der Waals surface area contributed by atoms with Crippen molar-refractivity contribution in [3.05, 3.63) is 64.8 Å². The van der Waals surface area contributed by atoms with Gasteiger partial charge in [-0.15, -0.1) is 0 Å². The molecule has 2 aromatic carbocycles. The van der Waals surface area contributed by atoms with Gasteiger partial charge in [0.05, 0.1) is 23.7 Å². The van der Waals surface area contributed by atoms with Crippen molar-refractivity contribution in [1.29, 1.82) is 0 Å². The van der Waals surface area contributed by atoms with Crippen molar-refractivity contribution in [3.63, 3.8) is 0 Å². The Labute approximate surface area is 154 Å². The zero-order chi connectivity index (χ0) is 19.4. The number of sulfonamides is 1. The Morgan fingerprint density at radius 1 is 1.15 bits per heavy atom. The van der Waals surface area contributed by atoms with Gasteiger partial charge in [0.25, 0.3) is 10.0 Å². The number of anilines is 1. The van der Waals surface area contributed by atoms with E-state index in [4.69, 9.17) is 4.74 Å². The van der Waals surface area contributed by atoms with Gasteiger partial charge in [-0.25, -0.2) is 17.6 Å². The highest BCUT2D eigenvalue weighted by atomic mass is 32.2. The van der Waals surface area contributed by atoms with Crippen molar-refractivity contribution in [2.75, 3.05) is 18.4 Å². The lowest BCUT2D eigenvalue weighted by Crippen LogP contribution is -2.25. The Kier molecular flexibility index (Phi) is 5.33. The molecule has 0 bridgehead atoms. The summed E-state index contributed by atoms with van der Waals surface area (Å²) in [5, 5.41) is 7.53. The number of methoxy groups -OCH3 is 1. The second kappa shape index (κ2) is 7.68. The van der Waals surface area contributed by atoms with Crippen molar-refractivity contribution in [3.8, 4) is 5.69 Å². The lowest BCUT2D eigenvalue weighted by molar-refractivity contribution is 0.181. The van der Waals surface area contributed by atoms with E-state index < -0.39 is 21.5 Å². The van der Waals surface area contributed by atoms with Crippen LogP contribution in [0.25, 0.3) is 5.69 Å². The van der Waals surface area contributed by atoms with E-state index in [0.29, 0.717) is 12.3 Å². The maximum Gasteiger partial charge on any atom is 0.368 e. The highest BCUT2D eigenvalue weighted by Gasteiger charge is 2.15. The Bertz CT molecular complexity index is 1090. The lowest BCUT2D eigenvalue weighted by atomic mass is 10.3. The third-order valence-electron chi connectivity index (χ3n) is 3.62. The Hall–Kier alpha value is -3.05. The van der Waals surface area contributed by atoms with Gasteiger partial charge in [-0.2, -0.15) is 9.36 Å². The van der Waals surface area contributed by atoms with Gasteiger partial charge < -0.3 is 4.74 Å². The number of benzene rings is 2. The molecule has 27 heavy (non-hydrogen) atoms. The fourth-order valence-corrected chi connectivity index (χ4v) is 3.36. The predicted molar refractivity (Wildman–Crippen MR) is 94.7 cm³/mol. The molecule has 0 fully saturated rings. The second-order valence-corrected chi connectivity index (χ2v) is 7.18. The van der Waals surface area contributed by atoms with Crippen LogP contribution in [0.4, 0.5) is 10.1 Å². The van der Waals surface area contributed by atoms with E-state index in [-0.39, 0.29) is 17.1 Å². The minimum absolute atomic E-state index is 0.191. The molecule has 0 amide bonds. The van der Waals surface area contributed by atoms with Crippen molar-refractivity contribution >= 4 is 15.7 Å². The summed E-state index contributed by atoms with van der Waals surface area (Å²) in [7, 11) is -2.42. The third-order valence-corrected chi connectivity index (χ3v) is 5.00. The molecule has 0 saturated carbocycles.